The zero-order valence-corrected chi connectivity index (χ0v) is 16.7. The lowest BCUT2D eigenvalue weighted by atomic mass is 10.1. The molecule has 8 heteroatoms. The van der Waals surface area contributed by atoms with Gasteiger partial charge in [0.2, 0.25) is 5.95 Å². The van der Waals surface area contributed by atoms with Crippen LogP contribution in [-0.2, 0) is 0 Å². The minimum Gasteiger partial charge on any atom is -0.351 e. The maximum atomic E-state index is 4.50. The van der Waals surface area contributed by atoms with E-state index in [0.717, 1.165) is 54.8 Å². The van der Waals surface area contributed by atoms with Crippen molar-refractivity contribution in [3.05, 3.63) is 60.4 Å². The first kappa shape index (κ1) is 20.9. The summed E-state index contributed by atoms with van der Waals surface area (Å²) < 4.78 is 0. The molecular formula is C19H22Cl2N6. The molecule has 0 spiro atoms. The van der Waals surface area contributed by atoms with Crippen LogP contribution in [0.3, 0.4) is 0 Å². The minimum absolute atomic E-state index is 0. The van der Waals surface area contributed by atoms with Crippen molar-refractivity contribution in [1.82, 2.24) is 20.2 Å². The summed E-state index contributed by atoms with van der Waals surface area (Å²) in [5.41, 5.74) is 3.16. The smallest absolute Gasteiger partial charge is 0.225 e. The number of aromatic nitrogens is 4. The highest BCUT2D eigenvalue weighted by Crippen LogP contribution is 2.23. The van der Waals surface area contributed by atoms with Crippen LogP contribution in [0.5, 0.6) is 0 Å². The average molecular weight is 405 g/mol. The van der Waals surface area contributed by atoms with Gasteiger partial charge in [-0.2, -0.15) is 0 Å². The molecule has 1 fully saturated rings. The van der Waals surface area contributed by atoms with Crippen molar-refractivity contribution in [2.75, 3.05) is 36.0 Å². The first-order chi connectivity index (χ1) is 12.3. The van der Waals surface area contributed by atoms with Crippen molar-refractivity contribution < 1.29 is 0 Å². The molecule has 1 aromatic carbocycles. The molecule has 0 N–H and O–H groups in total. The molecule has 27 heavy (non-hydrogen) atoms. The fourth-order valence-corrected chi connectivity index (χ4v) is 3.11. The standard InChI is InChI=1S/C19H20N6.2ClH/c1-15-14-17(16-6-3-2-4-7-16)22-23-18(15)24-10-12-25(13-11-24)19-20-8-5-9-21-19;;/h2-9,14H,10-13H2,1H3;2*1H. The Morgan fingerprint density at radius 1 is 0.778 bits per heavy atom. The second-order valence-electron chi connectivity index (χ2n) is 6.13. The first-order valence-electron chi connectivity index (χ1n) is 8.48. The number of anilines is 2. The third-order valence-electron chi connectivity index (χ3n) is 4.44. The molecule has 4 rings (SSSR count). The molecule has 0 amide bonds. The SMILES string of the molecule is Cc1cc(-c2ccccc2)nnc1N1CCN(c2ncccn2)CC1.Cl.Cl. The Hall–Kier alpha value is -2.44. The number of aryl methyl sites for hydroxylation is 1. The number of halogens is 2. The van der Waals surface area contributed by atoms with Crippen LogP contribution in [0.15, 0.2) is 54.9 Å². The largest absolute Gasteiger partial charge is 0.351 e. The molecule has 0 radical (unpaired) electrons. The zero-order chi connectivity index (χ0) is 17.1. The van der Waals surface area contributed by atoms with E-state index >= 15 is 0 Å². The summed E-state index contributed by atoms with van der Waals surface area (Å²) in [6.45, 7) is 5.64. The number of nitrogens with zero attached hydrogens (tertiary/aromatic N) is 6. The fraction of sp³-hybridized carbons (Fsp3) is 0.263. The normalized spacial score (nSPS) is 13.5. The Morgan fingerprint density at radius 2 is 1.41 bits per heavy atom. The second-order valence-corrected chi connectivity index (χ2v) is 6.13. The lowest BCUT2D eigenvalue weighted by molar-refractivity contribution is 0.630. The van der Waals surface area contributed by atoms with Crippen LogP contribution < -0.4 is 9.80 Å². The van der Waals surface area contributed by atoms with Crippen molar-refractivity contribution >= 4 is 36.6 Å². The zero-order valence-electron chi connectivity index (χ0n) is 15.0. The Morgan fingerprint density at radius 3 is 2.04 bits per heavy atom. The van der Waals surface area contributed by atoms with Crippen molar-refractivity contribution in [3.63, 3.8) is 0 Å². The van der Waals surface area contributed by atoms with Crippen LogP contribution in [0, 0.1) is 6.92 Å². The summed E-state index contributed by atoms with van der Waals surface area (Å²) >= 11 is 0. The van der Waals surface area contributed by atoms with Gasteiger partial charge in [0.15, 0.2) is 5.82 Å². The number of rotatable bonds is 3. The van der Waals surface area contributed by atoms with Gasteiger partial charge in [0.25, 0.3) is 0 Å². The van der Waals surface area contributed by atoms with Gasteiger partial charge in [-0.1, -0.05) is 30.3 Å². The fourth-order valence-electron chi connectivity index (χ4n) is 3.11. The Labute approximate surface area is 171 Å². The molecule has 0 unspecified atom stereocenters. The Balaban J connectivity index is 0.00000131. The predicted molar refractivity (Wildman–Crippen MR) is 113 cm³/mol. The van der Waals surface area contributed by atoms with E-state index in [4.69, 9.17) is 0 Å². The second kappa shape index (κ2) is 9.48. The van der Waals surface area contributed by atoms with Crippen LogP contribution in [0.2, 0.25) is 0 Å². The Kier molecular flexibility index (Phi) is 7.33. The van der Waals surface area contributed by atoms with Gasteiger partial charge < -0.3 is 9.80 Å². The van der Waals surface area contributed by atoms with Gasteiger partial charge in [0, 0.05) is 44.1 Å². The van der Waals surface area contributed by atoms with E-state index in [1.807, 2.05) is 24.3 Å². The van der Waals surface area contributed by atoms with E-state index in [1.165, 1.54) is 0 Å². The van der Waals surface area contributed by atoms with Crippen molar-refractivity contribution in [2.24, 2.45) is 0 Å². The molecule has 1 aliphatic heterocycles. The van der Waals surface area contributed by atoms with Gasteiger partial charge in [0.05, 0.1) is 5.69 Å². The van der Waals surface area contributed by atoms with E-state index in [1.54, 1.807) is 12.4 Å². The van der Waals surface area contributed by atoms with E-state index in [9.17, 15) is 0 Å². The quantitative estimate of drug-likeness (QED) is 0.666. The van der Waals surface area contributed by atoms with Crippen molar-refractivity contribution in [2.45, 2.75) is 6.92 Å². The topological polar surface area (TPSA) is 58.0 Å². The van der Waals surface area contributed by atoms with Crippen LogP contribution >= 0.6 is 24.8 Å². The highest BCUT2D eigenvalue weighted by atomic mass is 35.5. The highest BCUT2D eigenvalue weighted by molar-refractivity contribution is 5.85. The lowest BCUT2D eigenvalue weighted by Crippen LogP contribution is -2.47. The van der Waals surface area contributed by atoms with Crippen molar-refractivity contribution in [1.29, 1.82) is 0 Å². The molecule has 1 saturated heterocycles. The highest BCUT2D eigenvalue weighted by Gasteiger charge is 2.21. The summed E-state index contributed by atoms with van der Waals surface area (Å²) in [7, 11) is 0. The summed E-state index contributed by atoms with van der Waals surface area (Å²) in [6.07, 6.45) is 3.57. The molecule has 6 nitrogen and oxygen atoms in total. The van der Waals surface area contributed by atoms with Gasteiger partial charge >= 0.3 is 0 Å². The molecule has 2 aromatic heterocycles. The molecule has 1 aliphatic rings. The van der Waals surface area contributed by atoms with Gasteiger partial charge in [-0.3, -0.25) is 0 Å². The molecular weight excluding hydrogens is 383 g/mol. The van der Waals surface area contributed by atoms with Crippen LogP contribution in [-0.4, -0.2) is 46.3 Å². The molecule has 3 aromatic rings. The molecule has 0 atom stereocenters. The number of hydrogen-bond donors (Lipinski definition) is 0. The summed E-state index contributed by atoms with van der Waals surface area (Å²) in [5.74, 6) is 1.76. The number of piperazine rings is 1. The van der Waals surface area contributed by atoms with Crippen LogP contribution in [0.25, 0.3) is 11.3 Å². The van der Waals surface area contributed by atoms with Crippen LogP contribution in [0.4, 0.5) is 11.8 Å². The van der Waals surface area contributed by atoms with Gasteiger partial charge in [-0.25, -0.2) is 9.97 Å². The number of benzene rings is 1. The maximum absolute atomic E-state index is 4.50. The molecule has 142 valence electrons. The third kappa shape index (κ3) is 4.64. The van der Waals surface area contributed by atoms with E-state index in [0.29, 0.717) is 0 Å². The molecule has 0 saturated carbocycles. The average Bonchev–Trinajstić information content (AvgIpc) is 2.69. The van der Waals surface area contributed by atoms with Gasteiger partial charge in [-0.05, 0) is 24.6 Å². The summed E-state index contributed by atoms with van der Waals surface area (Å²) in [5, 5.41) is 8.93. The van der Waals surface area contributed by atoms with Crippen LogP contribution in [0.1, 0.15) is 5.56 Å². The molecule has 0 aliphatic carbocycles. The van der Waals surface area contributed by atoms with E-state index in [-0.39, 0.29) is 24.8 Å². The predicted octanol–water partition coefficient (Wildman–Crippen LogP) is 3.41. The van der Waals surface area contributed by atoms with Gasteiger partial charge in [0.1, 0.15) is 0 Å². The monoisotopic (exact) mass is 404 g/mol. The minimum atomic E-state index is 0. The molecule has 0 bridgehead atoms. The van der Waals surface area contributed by atoms with Gasteiger partial charge in [-0.15, -0.1) is 35.0 Å². The summed E-state index contributed by atoms with van der Waals surface area (Å²) in [6, 6.07) is 14.1. The number of hydrogen-bond acceptors (Lipinski definition) is 6. The summed E-state index contributed by atoms with van der Waals surface area (Å²) in [4.78, 5) is 13.2. The maximum Gasteiger partial charge on any atom is 0.225 e. The molecule has 3 heterocycles. The first-order valence-corrected chi connectivity index (χ1v) is 8.48. The van der Waals surface area contributed by atoms with Crippen molar-refractivity contribution in [3.8, 4) is 11.3 Å². The van der Waals surface area contributed by atoms with E-state index < -0.39 is 0 Å². The Bertz CT molecular complexity index is 839. The third-order valence-corrected chi connectivity index (χ3v) is 4.44. The van der Waals surface area contributed by atoms with E-state index in [2.05, 4.69) is 55.1 Å². The lowest BCUT2D eigenvalue weighted by Gasteiger charge is -2.35.